The van der Waals surface area contributed by atoms with Crippen LogP contribution in [-0.2, 0) is 11.3 Å². The molecule has 0 saturated heterocycles. The Bertz CT molecular complexity index is 816. The van der Waals surface area contributed by atoms with E-state index in [2.05, 4.69) is 19.9 Å². The van der Waals surface area contributed by atoms with Gasteiger partial charge in [0.25, 0.3) is 0 Å². The number of aromatic nitrogens is 4. The minimum absolute atomic E-state index is 0.283. The molecule has 1 N–H and O–H groups in total. The molecule has 20 heavy (non-hydrogen) atoms. The smallest absolute Gasteiger partial charge is 0.244 e. The Hall–Kier alpha value is -2.76. The molecule has 0 saturated carbocycles. The van der Waals surface area contributed by atoms with Crippen molar-refractivity contribution in [1.82, 2.24) is 19.5 Å². The predicted molar refractivity (Wildman–Crippen MR) is 73.7 cm³/mol. The maximum atomic E-state index is 11.1. The second-order valence-electron chi connectivity index (χ2n) is 4.41. The minimum Gasteiger partial charge on any atom is -0.340 e. The summed E-state index contributed by atoms with van der Waals surface area (Å²) in [4.78, 5) is 26.5. The van der Waals surface area contributed by atoms with Crippen LogP contribution in [0.4, 0.5) is 0 Å². The number of H-pyrrole nitrogens is 1. The third kappa shape index (κ3) is 2.35. The van der Waals surface area contributed by atoms with Gasteiger partial charge in [-0.25, -0.2) is 9.97 Å². The molecular weight excluding hydrogens is 254 g/mol. The van der Waals surface area contributed by atoms with E-state index in [0.29, 0.717) is 17.5 Å². The highest BCUT2D eigenvalue weighted by atomic mass is 16.1. The molecule has 2 heterocycles. The van der Waals surface area contributed by atoms with Crippen LogP contribution in [0, 0.1) is 0 Å². The molecule has 3 rings (SSSR count). The molecule has 0 aliphatic rings. The third-order valence-corrected chi connectivity index (χ3v) is 2.89. The van der Waals surface area contributed by atoms with Gasteiger partial charge in [-0.3, -0.25) is 4.79 Å². The zero-order valence-electron chi connectivity index (χ0n) is 10.9. The normalized spacial score (nSPS) is 11.9. The minimum atomic E-state index is -0.283. The van der Waals surface area contributed by atoms with Crippen LogP contribution < -0.4 is 5.49 Å². The van der Waals surface area contributed by atoms with Gasteiger partial charge in [-0.2, -0.15) is 4.99 Å². The number of rotatable bonds is 2. The Morgan fingerprint density at radius 3 is 2.85 bits per heavy atom. The van der Waals surface area contributed by atoms with E-state index in [1.807, 2.05) is 34.9 Å². The topological polar surface area (TPSA) is 75.9 Å². The number of carbonyl (C=O) groups excluding carboxylic acids is 1. The molecule has 0 atom stereocenters. The fraction of sp³-hybridized carbons (Fsp3) is 0.143. The summed E-state index contributed by atoms with van der Waals surface area (Å²) in [7, 11) is 0. The summed E-state index contributed by atoms with van der Waals surface area (Å²) in [6.07, 6.45) is 3.23. The lowest BCUT2D eigenvalue weighted by molar-refractivity contribution is -0.116. The van der Waals surface area contributed by atoms with Crippen molar-refractivity contribution >= 4 is 17.1 Å². The van der Waals surface area contributed by atoms with E-state index in [0.717, 1.165) is 11.2 Å². The van der Waals surface area contributed by atoms with Crippen molar-refractivity contribution in [3.05, 3.63) is 54.0 Å². The highest BCUT2D eigenvalue weighted by molar-refractivity contribution is 5.76. The molecule has 0 aliphatic carbocycles. The Labute approximate surface area is 114 Å². The number of aromatic amines is 1. The number of carbonyl (C=O) groups is 1. The van der Waals surface area contributed by atoms with E-state index < -0.39 is 0 Å². The average Bonchev–Trinajstić information content (AvgIpc) is 2.92. The first-order valence-corrected chi connectivity index (χ1v) is 6.22. The zero-order chi connectivity index (χ0) is 13.9. The van der Waals surface area contributed by atoms with E-state index in [1.54, 1.807) is 12.7 Å². The van der Waals surface area contributed by atoms with Crippen LogP contribution in [0.25, 0.3) is 11.2 Å². The molecule has 0 unspecified atom stereocenters. The van der Waals surface area contributed by atoms with Crippen molar-refractivity contribution in [3.8, 4) is 0 Å². The van der Waals surface area contributed by atoms with Crippen LogP contribution in [-0.4, -0.2) is 25.4 Å². The second-order valence-corrected chi connectivity index (χ2v) is 4.41. The first kappa shape index (κ1) is 12.3. The van der Waals surface area contributed by atoms with Gasteiger partial charge in [0.05, 0.1) is 19.2 Å². The average molecular weight is 267 g/mol. The van der Waals surface area contributed by atoms with Crippen LogP contribution in [0.1, 0.15) is 12.5 Å². The molecule has 3 aromatic rings. The van der Waals surface area contributed by atoms with Gasteiger partial charge in [0, 0.05) is 6.92 Å². The predicted octanol–water partition coefficient (Wildman–Crippen LogP) is 1.25. The summed E-state index contributed by atoms with van der Waals surface area (Å²) in [5.74, 6) is -0.283. The highest BCUT2D eigenvalue weighted by Crippen LogP contribution is 2.07. The van der Waals surface area contributed by atoms with Crippen molar-refractivity contribution in [2.75, 3.05) is 0 Å². The SMILES string of the molecule is CC(=O)N=c1ncn(Cc2ccccc2)c2nc[nH]c12. The number of benzene rings is 1. The Balaban J connectivity index is 2.10. The molecule has 6 nitrogen and oxygen atoms in total. The molecule has 0 spiro atoms. The van der Waals surface area contributed by atoms with Crippen molar-refractivity contribution in [3.63, 3.8) is 0 Å². The number of hydrogen-bond acceptors (Lipinski definition) is 3. The van der Waals surface area contributed by atoms with Gasteiger partial charge in [-0.15, -0.1) is 0 Å². The summed E-state index contributed by atoms with van der Waals surface area (Å²) >= 11 is 0. The molecule has 0 fully saturated rings. The monoisotopic (exact) mass is 267 g/mol. The van der Waals surface area contributed by atoms with Crippen LogP contribution in [0.3, 0.4) is 0 Å². The summed E-state index contributed by atoms with van der Waals surface area (Å²) in [5.41, 5.74) is 2.91. The van der Waals surface area contributed by atoms with E-state index in [1.165, 1.54) is 6.92 Å². The van der Waals surface area contributed by atoms with Gasteiger partial charge < -0.3 is 9.55 Å². The molecular formula is C14H13N5O. The Kier molecular flexibility index (Phi) is 3.12. The van der Waals surface area contributed by atoms with Crippen molar-refractivity contribution < 1.29 is 4.79 Å². The summed E-state index contributed by atoms with van der Waals surface area (Å²) in [5, 5.41) is 0. The number of nitrogens with one attached hydrogen (secondary N) is 1. The Morgan fingerprint density at radius 1 is 1.30 bits per heavy atom. The van der Waals surface area contributed by atoms with Crippen LogP contribution in [0.5, 0.6) is 0 Å². The number of hydrogen-bond donors (Lipinski definition) is 1. The fourth-order valence-corrected chi connectivity index (χ4v) is 2.04. The number of fused-ring (bicyclic) bond motifs is 1. The van der Waals surface area contributed by atoms with Gasteiger partial charge in [0.2, 0.25) is 5.91 Å². The molecule has 1 aromatic carbocycles. The largest absolute Gasteiger partial charge is 0.340 e. The van der Waals surface area contributed by atoms with E-state index in [4.69, 9.17) is 0 Å². The molecule has 0 bridgehead atoms. The third-order valence-electron chi connectivity index (χ3n) is 2.89. The van der Waals surface area contributed by atoms with Gasteiger partial charge in [0.15, 0.2) is 11.1 Å². The number of amides is 1. The quantitative estimate of drug-likeness (QED) is 0.759. The lowest BCUT2D eigenvalue weighted by Crippen LogP contribution is -2.16. The zero-order valence-corrected chi connectivity index (χ0v) is 10.9. The first-order chi connectivity index (χ1) is 9.74. The highest BCUT2D eigenvalue weighted by Gasteiger charge is 2.06. The lowest BCUT2D eigenvalue weighted by Gasteiger charge is -2.06. The number of imidazole rings is 1. The molecule has 0 aliphatic heterocycles. The fourth-order valence-electron chi connectivity index (χ4n) is 2.04. The van der Waals surface area contributed by atoms with Gasteiger partial charge in [0.1, 0.15) is 5.52 Å². The molecule has 100 valence electrons. The van der Waals surface area contributed by atoms with E-state index in [-0.39, 0.29) is 5.91 Å². The van der Waals surface area contributed by atoms with Crippen molar-refractivity contribution in [1.29, 1.82) is 0 Å². The van der Waals surface area contributed by atoms with E-state index in [9.17, 15) is 4.79 Å². The van der Waals surface area contributed by atoms with Crippen molar-refractivity contribution in [2.24, 2.45) is 4.99 Å². The maximum absolute atomic E-state index is 11.1. The van der Waals surface area contributed by atoms with Gasteiger partial charge in [-0.1, -0.05) is 30.3 Å². The van der Waals surface area contributed by atoms with Crippen LogP contribution >= 0.6 is 0 Å². The second kappa shape index (κ2) is 5.08. The first-order valence-electron chi connectivity index (χ1n) is 6.22. The summed E-state index contributed by atoms with van der Waals surface area (Å²) in [6.45, 7) is 2.06. The molecule has 1 amide bonds. The molecule has 0 radical (unpaired) electrons. The molecule has 6 heteroatoms. The number of nitrogens with zero attached hydrogens (tertiary/aromatic N) is 4. The Morgan fingerprint density at radius 2 is 2.10 bits per heavy atom. The van der Waals surface area contributed by atoms with Crippen LogP contribution in [0.15, 0.2) is 48.0 Å². The standard InChI is InChI=1S/C14H13N5O/c1-10(20)18-13-12-14(16-8-15-12)19(9-17-13)7-11-5-3-2-4-6-11/h2-6,8-9H,7H2,1H3,(H,15,16). The summed E-state index contributed by atoms with van der Waals surface area (Å²) < 4.78 is 1.92. The van der Waals surface area contributed by atoms with Gasteiger partial charge in [-0.05, 0) is 5.56 Å². The maximum Gasteiger partial charge on any atom is 0.244 e. The van der Waals surface area contributed by atoms with Crippen LogP contribution in [0.2, 0.25) is 0 Å². The molecule has 2 aromatic heterocycles. The summed E-state index contributed by atoms with van der Waals surface area (Å²) in [6, 6.07) is 10.0. The van der Waals surface area contributed by atoms with Gasteiger partial charge >= 0.3 is 0 Å². The van der Waals surface area contributed by atoms with E-state index >= 15 is 0 Å². The lowest BCUT2D eigenvalue weighted by atomic mass is 10.2. The van der Waals surface area contributed by atoms with Crippen molar-refractivity contribution in [2.45, 2.75) is 13.5 Å².